The smallest absolute Gasteiger partial charge is 0.193 e. The molecular formula is C18H36N4S. The summed E-state index contributed by atoms with van der Waals surface area (Å²) in [5.41, 5.74) is 0. The van der Waals surface area contributed by atoms with Gasteiger partial charge in [0.2, 0.25) is 0 Å². The van der Waals surface area contributed by atoms with Crippen LogP contribution in [-0.4, -0.2) is 72.1 Å². The van der Waals surface area contributed by atoms with Crippen LogP contribution >= 0.6 is 11.8 Å². The predicted octanol–water partition coefficient (Wildman–Crippen LogP) is 2.90. The van der Waals surface area contributed by atoms with E-state index in [2.05, 4.69) is 54.6 Å². The molecule has 4 nitrogen and oxygen atoms in total. The van der Waals surface area contributed by atoms with E-state index in [9.17, 15) is 0 Å². The molecule has 0 spiro atoms. The molecule has 2 saturated heterocycles. The van der Waals surface area contributed by atoms with Crippen LogP contribution in [-0.2, 0) is 0 Å². The Kier molecular flexibility index (Phi) is 7.54. The van der Waals surface area contributed by atoms with Gasteiger partial charge in [-0.15, -0.1) is 0 Å². The molecule has 1 N–H and O–H groups in total. The minimum atomic E-state index is 0.335. The van der Waals surface area contributed by atoms with E-state index in [1.807, 2.05) is 0 Å². The molecular weight excluding hydrogens is 304 g/mol. The van der Waals surface area contributed by atoms with Crippen molar-refractivity contribution < 1.29 is 0 Å². The maximum absolute atomic E-state index is 4.94. The molecule has 0 bridgehead atoms. The topological polar surface area (TPSA) is 30.9 Å². The van der Waals surface area contributed by atoms with Gasteiger partial charge < -0.3 is 15.1 Å². The number of hydrogen-bond acceptors (Lipinski definition) is 3. The van der Waals surface area contributed by atoms with Crippen LogP contribution in [0.3, 0.4) is 0 Å². The highest BCUT2D eigenvalue weighted by atomic mass is 32.2. The lowest BCUT2D eigenvalue weighted by Gasteiger charge is -2.39. The maximum atomic E-state index is 4.94. The van der Waals surface area contributed by atoms with Gasteiger partial charge in [-0.05, 0) is 65.6 Å². The van der Waals surface area contributed by atoms with Gasteiger partial charge in [-0.1, -0.05) is 6.92 Å². The van der Waals surface area contributed by atoms with Gasteiger partial charge in [0.15, 0.2) is 5.96 Å². The van der Waals surface area contributed by atoms with Crippen molar-refractivity contribution in [2.45, 2.75) is 51.7 Å². The first-order valence-corrected chi connectivity index (χ1v) is 10.4. The van der Waals surface area contributed by atoms with Crippen LogP contribution < -0.4 is 5.32 Å². The van der Waals surface area contributed by atoms with Crippen LogP contribution in [0.5, 0.6) is 0 Å². The van der Waals surface area contributed by atoms with Gasteiger partial charge in [0.1, 0.15) is 0 Å². The first-order valence-electron chi connectivity index (χ1n) is 9.43. The van der Waals surface area contributed by atoms with E-state index in [0.717, 1.165) is 38.1 Å². The number of piperidine rings is 1. The van der Waals surface area contributed by atoms with E-state index in [1.165, 1.54) is 44.6 Å². The third kappa shape index (κ3) is 6.18. The van der Waals surface area contributed by atoms with E-state index in [0.29, 0.717) is 4.75 Å². The average Bonchev–Trinajstić information content (AvgIpc) is 2.54. The Morgan fingerprint density at radius 3 is 2.57 bits per heavy atom. The molecule has 0 aromatic carbocycles. The molecule has 23 heavy (non-hydrogen) atoms. The van der Waals surface area contributed by atoms with Gasteiger partial charge in [-0.3, -0.25) is 4.99 Å². The monoisotopic (exact) mass is 340 g/mol. The molecule has 0 radical (unpaired) electrons. The largest absolute Gasteiger partial charge is 0.357 e. The quantitative estimate of drug-likeness (QED) is 0.616. The summed E-state index contributed by atoms with van der Waals surface area (Å²) < 4.78 is 0.335. The molecule has 0 aromatic heterocycles. The fourth-order valence-corrected chi connectivity index (χ4v) is 4.68. The molecule has 2 aliphatic rings. The van der Waals surface area contributed by atoms with Crippen molar-refractivity contribution in [3.05, 3.63) is 0 Å². The van der Waals surface area contributed by atoms with Crippen LogP contribution in [0.1, 0.15) is 47.0 Å². The molecule has 134 valence electrons. The lowest BCUT2D eigenvalue weighted by molar-refractivity contribution is 0.188. The Morgan fingerprint density at radius 2 is 1.96 bits per heavy atom. The van der Waals surface area contributed by atoms with Crippen molar-refractivity contribution >= 4 is 17.7 Å². The number of aliphatic imine (C=N–C) groups is 1. The van der Waals surface area contributed by atoms with Crippen LogP contribution in [0.2, 0.25) is 0 Å². The molecule has 0 aliphatic carbocycles. The van der Waals surface area contributed by atoms with Crippen molar-refractivity contribution in [1.82, 2.24) is 15.1 Å². The minimum Gasteiger partial charge on any atom is -0.357 e. The standard InChI is InChI=1S/C18H36N4S/c1-5-19-17(22-13-14-23-18(3,4)15-22)20-10-7-16-8-11-21(6-2)12-9-16/h16H,5-15H2,1-4H3,(H,19,20). The summed E-state index contributed by atoms with van der Waals surface area (Å²) in [5.74, 6) is 3.21. The van der Waals surface area contributed by atoms with Crippen molar-refractivity contribution in [3.63, 3.8) is 0 Å². The summed E-state index contributed by atoms with van der Waals surface area (Å²) in [4.78, 5) is 9.97. The van der Waals surface area contributed by atoms with Gasteiger partial charge in [-0.25, -0.2) is 0 Å². The Morgan fingerprint density at radius 1 is 1.22 bits per heavy atom. The van der Waals surface area contributed by atoms with Gasteiger partial charge in [0.05, 0.1) is 0 Å². The first-order chi connectivity index (χ1) is 11.0. The number of nitrogens with zero attached hydrogens (tertiary/aromatic N) is 3. The Bertz CT molecular complexity index is 375. The number of guanidine groups is 1. The highest BCUT2D eigenvalue weighted by molar-refractivity contribution is 8.00. The summed E-state index contributed by atoms with van der Waals surface area (Å²) in [7, 11) is 0. The van der Waals surface area contributed by atoms with Crippen molar-refractivity contribution in [2.75, 3.05) is 51.6 Å². The predicted molar refractivity (Wildman–Crippen MR) is 104 cm³/mol. The lowest BCUT2D eigenvalue weighted by atomic mass is 9.94. The number of hydrogen-bond donors (Lipinski definition) is 1. The molecule has 2 fully saturated rings. The van der Waals surface area contributed by atoms with Crippen LogP contribution in [0.4, 0.5) is 0 Å². The van der Waals surface area contributed by atoms with E-state index in [1.54, 1.807) is 0 Å². The SMILES string of the molecule is CCNC(=NCCC1CCN(CC)CC1)N1CCSC(C)(C)C1. The second-order valence-corrected chi connectivity index (χ2v) is 9.23. The first kappa shape index (κ1) is 18.9. The molecule has 2 rings (SSSR count). The van der Waals surface area contributed by atoms with Crippen LogP contribution in [0.15, 0.2) is 4.99 Å². The van der Waals surface area contributed by atoms with Crippen LogP contribution in [0, 0.1) is 5.92 Å². The summed E-state index contributed by atoms with van der Waals surface area (Å²) in [6.07, 6.45) is 3.96. The zero-order chi connectivity index (χ0) is 16.7. The number of rotatable bonds is 5. The third-order valence-corrected chi connectivity index (χ3v) is 6.31. The normalized spacial score (nSPS) is 24.0. The zero-order valence-electron chi connectivity index (χ0n) is 15.6. The molecule has 0 atom stereocenters. The molecule has 2 aliphatic heterocycles. The fraction of sp³-hybridized carbons (Fsp3) is 0.944. The van der Waals surface area contributed by atoms with Gasteiger partial charge in [-0.2, -0.15) is 11.8 Å². The Labute approximate surface area is 147 Å². The molecule has 5 heteroatoms. The molecule has 2 heterocycles. The zero-order valence-corrected chi connectivity index (χ0v) is 16.4. The minimum absolute atomic E-state index is 0.335. The van der Waals surface area contributed by atoms with Crippen molar-refractivity contribution in [1.29, 1.82) is 0 Å². The second-order valence-electron chi connectivity index (χ2n) is 7.43. The summed E-state index contributed by atoms with van der Waals surface area (Å²) >= 11 is 2.08. The Hall–Kier alpha value is -0.420. The fourth-order valence-electron chi connectivity index (χ4n) is 3.57. The second kappa shape index (κ2) is 9.16. The highest BCUT2D eigenvalue weighted by Crippen LogP contribution is 2.29. The maximum Gasteiger partial charge on any atom is 0.193 e. The van der Waals surface area contributed by atoms with E-state index < -0.39 is 0 Å². The van der Waals surface area contributed by atoms with E-state index >= 15 is 0 Å². The number of thioether (sulfide) groups is 1. The van der Waals surface area contributed by atoms with Crippen molar-refractivity contribution in [3.8, 4) is 0 Å². The summed E-state index contributed by atoms with van der Waals surface area (Å²) in [6, 6.07) is 0. The molecule has 0 unspecified atom stereocenters. The number of nitrogens with one attached hydrogen (secondary N) is 1. The van der Waals surface area contributed by atoms with E-state index in [4.69, 9.17) is 4.99 Å². The summed E-state index contributed by atoms with van der Waals surface area (Å²) in [6.45, 7) is 17.0. The third-order valence-electron chi connectivity index (χ3n) is 5.01. The van der Waals surface area contributed by atoms with Gasteiger partial charge in [0.25, 0.3) is 0 Å². The molecule has 0 amide bonds. The van der Waals surface area contributed by atoms with E-state index in [-0.39, 0.29) is 0 Å². The Balaban J connectivity index is 1.82. The van der Waals surface area contributed by atoms with Crippen molar-refractivity contribution in [2.24, 2.45) is 10.9 Å². The van der Waals surface area contributed by atoms with Crippen LogP contribution in [0.25, 0.3) is 0 Å². The average molecular weight is 341 g/mol. The number of likely N-dealkylation sites (tertiary alicyclic amines) is 1. The summed E-state index contributed by atoms with van der Waals surface area (Å²) in [5, 5.41) is 3.50. The molecule has 0 aromatic rings. The van der Waals surface area contributed by atoms with Gasteiger partial charge in [0, 0.05) is 36.7 Å². The lowest BCUT2D eigenvalue weighted by Crippen LogP contribution is -2.51. The molecule has 0 saturated carbocycles. The highest BCUT2D eigenvalue weighted by Gasteiger charge is 2.28. The van der Waals surface area contributed by atoms with Gasteiger partial charge >= 0.3 is 0 Å².